The zero-order valence-corrected chi connectivity index (χ0v) is 21.1. The van der Waals surface area contributed by atoms with Gasteiger partial charge < -0.3 is 18.7 Å². The van der Waals surface area contributed by atoms with Crippen LogP contribution in [0.25, 0.3) is 0 Å². The van der Waals surface area contributed by atoms with E-state index in [2.05, 4.69) is 16.0 Å². The maximum absolute atomic E-state index is 11.4. The zero-order chi connectivity index (χ0) is 19.6. The Morgan fingerprint density at radius 2 is 1.39 bits per heavy atom. The topological polar surface area (TPSA) is 71.1 Å². The Kier molecular flexibility index (Phi) is 20.1. The number of epoxide rings is 1. The van der Waals surface area contributed by atoms with E-state index in [-0.39, 0.29) is 42.3 Å². The maximum atomic E-state index is 11.4. The molecule has 0 spiro atoms. The number of unbranched alkanes of at least 4 members (excludes halogenated alkanes) is 14. The molecule has 0 aliphatic carbocycles. The van der Waals surface area contributed by atoms with Crippen molar-refractivity contribution in [1.29, 1.82) is 0 Å². The van der Waals surface area contributed by atoms with Gasteiger partial charge in [-0.1, -0.05) is 90.4 Å². The molecule has 0 aromatic heterocycles. The molecular formula is C21H40NaO5P. The summed E-state index contributed by atoms with van der Waals surface area (Å²) in [4.78, 5) is 11.4. The van der Waals surface area contributed by atoms with Crippen LogP contribution in [0.3, 0.4) is 0 Å². The minimum atomic E-state index is -4.21. The summed E-state index contributed by atoms with van der Waals surface area (Å²) in [6, 6.07) is 0. The Morgan fingerprint density at radius 3 is 1.86 bits per heavy atom. The first-order chi connectivity index (χ1) is 13.1. The second-order valence-corrected chi connectivity index (χ2v) is 8.92. The van der Waals surface area contributed by atoms with Gasteiger partial charge in [-0.25, -0.2) is 0 Å². The van der Waals surface area contributed by atoms with Crippen LogP contribution in [0.4, 0.5) is 0 Å². The van der Waals surface area contributed by atoms with Crippen LogP contribution in [-0.2, 0) is 18.3 Å². The van der Waals surface area contributed by atoms with E-state index in [1.165, 1.54) is 89.7 Å². The predicted octanol–water partition coefficient (Wildman–Crippen LogP) is 3.28. The fourth-order valence-electron chi connectivity index (χ4n) is 3.01. The van der Waals surface area contributed by atoms with Crippen LogP contribution in [0.5, 0.6) is 0 Å². The molecule has 2 unspecified atom stereocenters. The van der Waals surface area contributed by atoms with Crippen molar-refractivity contribution in [3.05, 3.63) is 12.3 Å². The van der Waals surface area contributed by atoms with Crippen LogP contribution < -0.4 is 34.5 Å². The summed E-state index contributed by atoms with van der Waals surface area (Å²) in [5.41, 5.74) is 0. The van der Waals surface area contributed by atoms with Crippen molar-refractivity contribution in [2.24, 2.45) is 0 Å². The predicted molar refractivity (Wildman–Crippen MR) is 108 cm³/mol. The smallest absolute Gasteiger partial charge is 0.746 e. The van der Waals surface area contributed by atoms with E-state index in [9.17, 15) is 9.46 Å². The number of ether oxygens (including phenoxy) is 1. The first kappa shape index (κ1) is 28.6. The van der Waals surface area contributed by atoms with E-state index >= 15 is 0 Å². The number of hydrogen-bond donors (Lipinski definition) is 0. The average molecular weight is 427 g/mol. The molecule has 1 saturated heterocycles. The number of phosphoric acid groups is 1. The molecule has 0 N–H and O–H groups in total. The molecule has 1 aliphatic heterocycles. The average Bonchev–Trinajstić information content (AvgIpc) is 3.47. The normalized spacial score (nSPS) is 18.0. The van der Waals surface area contributed by atoms with Crippen LogP contribution in [0.15, 0.2) is 12.3 Å². The van der Waals surface area contributed by atoms with E-state index in [0.717, 1.165) is 12.8 Å². The molecular weight excluding hydrogens is 386 g/mol. The molecule has 0 bridgehead atoms. The van der Waals surface area contributed by atoms with Gasteiger partial charge in [-0.2, -0.15) is 0 Å². The van der Waals surface area contributed by atoms with Crippen molar-refractivity contribution in [1.82, 2.24) is 0 Å². The third-order valence-corrected chi connectivity index (χ3v) is 5.68. The minimum Gasteiger partial charge on any atom is -0.746 e. The van der Waals surface area contributed by atoms with Gasteiger partial charge in [-0.3, -0.25) is 4.57 Å². The number of phosphoric ester groups is 1. The third-order valence-electron chi connectivity index (χ3n) is 4.83. The van der Waals surface area contributed by atoms with Gasteiger partial charge in [0.2, 0.25) is 0 Å². The van der Waals surface area contributed by atoms with Crippen LogP contribution in [0, 0.1) is 0 Å². The summed E-state index contributed by atoms with van der Waals surface area (Å²) in [6.45, 7) is 2.88. The zero-order valence-electron chi connectivity index (χ0n) is 18.2. The van der Waals surface area contributed by atoms with Gasteiger partial charge in [0.05, 0.1) is 19.5 Å². The molecule has 1 aliphatic rings. The van der Waals surface area contributed by atoms with Crippen molar-refractivity contribution < 1.29 is 52.8 Å². The molecule has 0 amide bonds. The van der Waals surface area contributed by atoms with E-state index in [0.29, 0.717) is 6.61 Å². The Hall–Kier alpha value is 0.650. The Balaban J connectivity index is 0.00000729. The Morgan fingerprint density at radius 1 is 0.929 bits per heavy atom. The SMILES string of the molecule is CCCCCCCCCCCCCCCCC=COP(=O)([O-])OCC1CO1.[Na+]. The third kappa shape index (κ3) is 19.9. The Bertz CT molecular complexity index is 416. The summed E-state index contributed by atoms with van der Waals surface area (Å²) < 4.78 is 25.6. The molecule has 1 fully saturated rings. The van der Waals surface area contributed by atoms with Crippen LogP contribution in [-0.4, -0.2) is 19.3 Å². The molecule has 160 valence electrons. The van der Waals surface area contributed by atoms with Crippen LogP contribution in [0.1, 0.15) is 103 Å². The standard InChI is InChI=1S/C21H41O5P.Na/c1-2-3-4-5-6-7-8-9-10-11-12-13-14-15-16-17-18-25-27(22,23)26-20-21-19-24-21;/h17-18,21H,2-16,19-20H2,1H3,(H,22,23);/q;+1/p-1. The molecule has 2 atom stereocenters. The van der Waals surface area contributed by atoms with Crippen LogP contribution >= 0.6 is 7.82 Å². The van der Waals surface area contributed by atoms with Crippen molar-refractivity contribution in [3.63, 3.8) is 0 Å². The van der Waals surface area contributed by atoms with Gasteiger partial charge in [0.15, 0.2) is 0 Å². The second kappa shape index (κ2) is 19.6. The van der Waals surface area contributed by atoms with E-state index in [1.807, 2.05) is 0 Å². The van der Waals surface area contributed by atoms with Crippen molar-refractivity contribution >= 4 is 7.82 Å². The molecule has 1 rings (SSSR count). The number of allylic oxidation sites excluding steroid dienone is 1. The summed E-state index contributed by atoms with van der Waals surface area (Å²) in [6.07, 6.45) is 22.4. The second-order valence-electron chi connectivity index (χ2n) is 7.56. The molecule has 1 heterocycles. The fourth-order valence-corrected chi connectivity index (χ4v) is 3.66. The maximum Gasteiger partial charge on any atom is 1.00 e. The van der Waals surface area contributed by atoms with Crippen LogP contribution in [0.2, 0.25) is 0 Å². The molecule has 0 radical (unpaired) electrons. The first-order valence-electron chi connectivity index (χ1n) is 11.0. The first-order valence-corrected chi connectivity index (χ1v) is 12.5. The summed E-state index contributed by atoms with van der Waals surface area (Å²) in [7, 11) is -4.21. The molecule has 5 nitrogen and oxygen atoms in total. The van der Waals surface area contributed by atoms with Gasteiger partial charge in [0, 0.05) is 0 Å². The molecule has 0 aromatic rings. The fraction of sp³-hybridized carbons (Fsp3) is 0.905. The molecule has 7 heteroatoms. The summed E-state index contributed by atoms with van der Waals surface area (Å²) >= 11 is 0. The van der Waals surface area contributed by atoms with Gasteiger partial charge in [-0.05, 0) is 18.9 Å². The van der Waals surface area contributed by atoms with E-state index in [4.69, 9.17) is 4.74 Å². The quantitative estimate of drug-likeness (QED) is 0.0982. The summed E-state index contributed by atoms with van der Waals surface area (Å²) in [5, 5.41) is 0. The monoisotopic (exact) mass is 426 g/mol. The molecule has 0 aromatic carbocycles. The van der Waals surface area contributed by atoms with Gasteiger partial charge in [-0.15, -0.1) is 0 Å². The van der Waals surface area contributed by atoms with Crippen molar-refractivity contribution in [3.8, 4) is 0 Å². The Labute approximate surface area is 194 Å². The van der Waals surface area contributed by atoms with E-state index < -0.39 is 7.82 Å². The van der Waals surface area contributed by atoms with Crippen molar-refractivity contribution in [2.45, 2.75) is 109 Å². The number of hydrogen-bond acceptors (Lipinski definition) is 5. The molecule has 28 heavy (non-hydrogen) atoms. The molecule has 0 saturated carbocycles. The van der Waals surface area contributed by atoms with Gasteiger partial charge in [0.1, 0.15) is 6.10 Å². The van der Waals surface area contributed by atoms with Gasteiger partial charge >= 0.3 is 37.4 Å². The number of rotatable bonds is 20. The summed E-state index contributed by atoms with van der Waals surface area (Å²) in [5.74, 6) is 0. The minimum absolute atomic E-state index is 0. The van der Waals surface area contributed by atoms with Gasteiger partial charge in [0.25, 0.3) is 0 Å². The van der Waals surface area contributed by atoms with Crippen molar-refractivity contribution in [2.75, 3.05) is 13.2 Å². The van der Waals surface area contributed by atoms with E-state index in [1.54, 1.807) is 6.08 Å². The largest absolute Gasteiger partial charge is 1.00 e.